The van der Waals surface area contributed by atoms with E-state index in [1.54, 1.807) is 4.90 Å². The van der Waals surface area contributed by atoms with E-state index < -0.39 is 0 Å². The summed E-state index contributed by atoms with van der Waals surface area (Å²) in [6, 6.07) is 7.98. The van der Waals surface area contributed by atoms with Crippen LogP contribution in [0.25, 0.3) is 0 Å². The lowest BCUT2D eigenvalue weighted by molar-refractivity contribution is -0.126. The average Bonchev–Trinajstić information content (AvgIpc) is 2.96. The number of ether oxygens (including phenoxy) is 1. The molecule has 0 saturated carbocycles. The standard InChI is InChI=1S/C19H28N2O3/c1-4-15-6-8-17(9-7-15)21-13-16(12-18(21)22)19(23)20-10-5-11-24-14(2)3/h6-9,14,16H,4-5,10-13H2,1-3H3,(H,20,23)/t16-/m0/s1. The van der Waals surface area contributed by atoms with Gasteiger partial charge in [-0.05, 0) is 44.4 Å². The topological polar surface area (TPSA) is 58.6 Å². The van der Waals surface area contributed by atoms with Gasteiger partial charge in [0, 0.05) is 31.8 Å². The number of rotatable bonds is 8. The SMILES string of the molecule is CCc1ccc(N2C[C@@H](C(=O)NCCCOC(C)C)CC2=O)cc1. The van der Waals surface area contributed by atoms with Gasteiger partial charge in [0.15, 0.2) is 0 Å². The molecule has 1 N–H and O–H groups in total. The minimum atomic E-state index is -0.269. The van der Waals surface area contributed by atoms with Gasteiger partial charge in [-0.15, -0.1) is 0 Å². The number of nitrogens with one attached hydrogen (secondary N) is 1. The van der Waals surface area contributed by atoms with Gasteiger partial charge < -0.3 is 15.0 Å². The third kappa shape index (κ3) is 5.06. The smallest absolute Gasteiger partial charge is 0.227 e. The first-order valence-electron chi connectivity index (χ1n) is 8.80. The number of amides is 2. The predicted molar refractivity (Wildman–Crippen MR) is 95.0 cm³/mol. The van der Waals surface area contributed by atoms with Crippen LogP contribution in [0, 0.1) is 5.92 Å². The van der Waals surface area contributed by atoms with Crippen molar-refractivity contribution in [3.63, 3.8) is 0 Å². The molecule has 0 aromatic heterocycles. The van der Waals surface area contributed by atoms with Crippen LogP contribution in [0.5, 0.6) is 0 Å². The normalized spacial score (nSPS) is 17.6. The first-order valence-corrected chi connectivity index (χ1v) is 8.80. The summed E-state index contributed by atoms with van der Waals surface area (Å²) in [5.74, 6) is -0.294. The summed E-state index contributed by atoms with van der Waals surface area (Å²) in [4.78, 5) is 26.2. The molecule has 1 aliphatic heterocycles. The first kappa shape index (κ1) is 18.5. The van der Waals surface area contributed by atoms with Crippen LogP contribution >= 0.6 is 0 Å². The molecule has 2 amide bonds. The van der Waals surface area contributed by atoms with Crippen LogP contribution in [0.15, 0.2) is 24.3 Å². The van der Waals surface area contributed by atoms with E-state index in [2.05, 4.69) is 12.2 Å². The van der Waals surface area contributed by atoms with E-state index >= 15 is 0 Å². The molecule has 1 aromatic rings. The third-order valence-corrected chi connectivity index (χ3v) is 4.22. The highest BCUT2D eigenvalue weighted by atomic mass is 16.5. The zero-order valence-electron chi connectivity index (χ0n) is 14.9. The molecule has 0 bridgehead atoms. The maximum Gasteiger partial charge on any atom is 0.227 e. The molecule has 5 heteroatoms. The third-order valence-electron chi connectivity index (χ3n) is 4.22. The average molecular weight is 332 g/mol. The Morgan fingerprint density at radius 2 is 2.04 bits per heavy atom. The van der Waals surface area contributed by atoms with Crippen LogP contribution < -0.4 is 10.2 Å². The van der Waals surface area contributed by atoms with Crippen LogP contribution in [0.4, 0.5) is 5.69 Å². The van der Waals surface area contributed by atoms with Gasteiger partial charge in [-0.3, -0.25) is 9.59 Å². The fourth-order valence-electron chi connectivity index (χ4n) is 2.79. The highest BCUT2D eigenvalue weighted by Crippen LogP contribution is 2.25. The highest BCUT2D eigenvalue weighted by Gasteiger charge is 2.34. The van der Waals surface area contributed by atoms with Crippen molar-refractivity contribution >= 4 is 17.5 Å². The van der Waals surface area contributed by atoms with Gasteiger partial charge in [0.05, 0.1) is 12.0 Å². The fourth-order valence-corrected chi connectivity index (χ4v) is 2.79. The van der Waals surface area contributed by atoms with E-state index in [0.717, 1.165) is 18.5 Å². The second-order valence-electron chi connectivity index (χ2n) is 6.49. The summed E-state index contributed by atoms with van der Waals surface area (Å²) in [6.07, 6.45) is 2.25. The lowest BCUT2D eigenvalue weighted by Crippen LogP contribution is -2.34. The van der Waals surface area contributed by atoms with E-state index in [-0.39, 0.29) is 30.3 Å². The van der Waals surface area contributed by atoms with Crippen molar-refractivity contribution in [3.05, 3.63) is 29.8 Å². The van der Waals surface area contributed by atoms with E-state index in [1.165, 1.54) is 5.56 Å². The quantitative estimate of drug-likeness (QED) is 0.744. The largest absolute Gasteiger partial charge is 0.379 e. The molecule has 132 valence electrons. The Bertz CT molecular complexity index is 554. The molecule has 24 heavy (non-hydrogen) atoms. The highest BCUT2D eigenvalue weighted by molar-refractivity contribution is 6.00. The molecule has 2 rings (SSSR count). The van der Waals surface area contributed by atoms with Crippen molar-refractivity contribution in [2.24, 2.45) is 5.92 Å². The minimum Gasteiger partial charge on any atom is -0.379 e. The number of hydrogen-bond donors (Lipinski definition) is 1. The van der Waals surface area contributed by atoms with Crippen molar-refractivity contribution in [2.45, 2.75) is 46.1 Å². The molecule has 1 heterocycles. The van der Waals surface area contributed by atoms with Gasteiger partial charge in [0.25, 0.3) is 0 Å². The van der Waals surface area contributed by atoms with Crippen LogP contribution in [0.3, 0.4) is 0 Å². The lowest BCUT2D eigenvalue weighted by atomic mass is 10.1. The Balaban J connectivity index is 1.81. The van der Waals surface area contributed by atoms with Crippen molar-refractivity contribution in [2.75, 3.05) is 24.6 Å². The maximum atomic E-state index is 12.2. The number of carbonyl (C=O) groups excluding carboxylic acids is 2. The molecular weight excluding hydrogens is 304 g/mol. The van der Waals surface area contributed by atoms with E-state index in [9.17, 15) is 9.59 Å². The molecule has 5 nitrogen and oxygen atoms in total. The maximum absolute atomic E-state index is 12.2. The van der Waals surface area contributed by atoms with Gasteiger partial charge in [0.1, 0.15) is 0 Å². The van der Waals surface area contributed by atoms with Gasteiger partial charge >= 0.3 is 0 Å². The van der Waals surface area contributed by atoms with E-state index in [1.807, 2.05) is 38.1 Å². The Labute approximate surface area is 144 Å². The summed E-state index contributed by atoms with van der Waals surface area (Å²) < 4.78 is 5.45. The molecule has 1 atom stereocenters. The van der Waals surface area contributed by atoms with Gasteiger partial charge in [-0.25, -0.2) is 0 Å². The molecule has 1 aliphatic rings. The van der Waals surface area contributed by atoms with E-state index in [4.69, 9.17) is 4.74 Å². The van der Waals surface area contributed by atoms with Crippen LogP contribution in [-0.2, 0) is 20.7 Å². The summed E-state index contributed by atoms with van der Waals surface area (Å²) in [6.45, 7) is 7.76. The zero-order valence-corrected chi connectivity index (χ0v) is 14.9. The van der Waals surface area contributed by atoms with Crippen molar-refractivity contribution in [3.8, 4) is 0 Å². The van der Waals surface area contributed by atoms with E-state index in [0.29, 0.717) is 19.7 Å². The molecule has 1 fully saturated rings. The van der Waals surface area contributed by atoms with Crippen molar-refractivity contribution in [1.82, 2.24) is 5.32 Å². The number of carbonyl (C=O) groups is 2. The Kier molecular flexibility index (Phi) is 6.79. The van der Waals surface area contributed by atoms with Gasteiger partial charge in [0.2, 0.25) is 11.8 Å². The summed E-state index contributed by atoms with van der Waals surface area (Å²) in [5, 5.41) is 2.91. The van der Waals surface area contributed by atoms with Crippen LogP contribution in [-0.4, -0.2) is 37.6 Å². The molecule has 0 unspecified atom stereocenters. The number of anilines is 1. The molecule has 1 saturated heterocycles. The molecular formula is C19H28N2O3. The number of hydrogen-bond acceptors (Lipinski definition) is 3. The second-order valence-corrected chi connectivity index (χ2v) is 6.49. The summed E-state index contributed by atoms with van der Waals surface area (Å²) >= 11 is 0. The summed E-state index contributed by atoms with van der Waals surface area (Å²) in [5.41, 5.74) is 2.11. The Morgan fingerprint density at radius 3 is 2.67 bits per heavy atom. The molecule has 1 aromatic carbocycles. The summed E-state index contributed by atoms with van der Waals surface area (Å²) in [7, 11) is 0. The second kappa shape index (κ2) is 8.83. The number of nitrogens with zero attached hydrogens (tertiary/aromatic N) is 1. The first-order chi connectivity index (χ1) is 11.5. The Morgan fingerprint density at radius 1 is 1.33 bits per heavy atom. The monoisotopic (exact) mass is 332 g/mol. The minimum absolute atomic E-state index is 0.0162. The van der Waals surface area contributed by atoms with Gasteiger partial charge in [-0.1, -0.05) is 19.1 Å². The van der Waals surface area contributed by atoms with Crippen LogP contribution in [0.2, 0.25) is 0 Å². The molecule has 0 aliphatic carbocycles. The Hall–Kier alpha value is -1.88. The van der Waals surface area contributed by atoms with Crippen LogP contribution in [0.1, 0.15) is 39.2 Å². The van der Waals surface area contributed by atoms with Crippen molar-refractivity contribution in [1.29, 1.82) is 0 Å². The fraction of sp³-hybridized carbons (Fsp3) is 0.579. The zero-order chi connectivity index (χ0) is 17.5. The van der Waals surface area contributed by atoms with Gasteiger partial charge in [-0.2, -0.15) is 0 Å². The van der Waals surface area contributed by atoms with Crippen molar-refractivity contribution < 1.29 is 14.3 Å². The number of benzene rings is 1. The lowest BCUT2D eigenvalue weighted by Gasteiger charge is -2.17. The molecule has 0 spiro atoms. The molecule has 0 radical (unpaired) electrons. The number of aryl methyl sites for hydroxylation is 1. The predicted octanol–water partition coefficient (Wildman–Crippen LogP) is 2.53.